The SMILES string of the molecule is CC(=O)Nc1cccc(C2OC(CSc3nccn3C)C(C)C(c3ccc(CO)cc3)O2)c1. The molecule has 174 valence electrons. The number of aliphatic hydroxyl groups excluding tert-OH is 1. The number of aromatic nitrogens is 2. The zero-order valence-corrected chi connectivity index (χ0v) is 19.8. The molecule has 7 nitrogen and oxygen atoms in total. The Balaban J connectivity index is 1.60. The Hall–Kier alpha value is -2.65. The Morgan fingerprint density at radius 2 is 1.97 bits per heavy atom. The summed E-state index contributed by atoms with van der Waals surface area (Å²) in [5, 5.41) is 13.2. The summed E-state index contributed by atoms with van der Waals surface area (Å²) >= 11 is 1.66. The van der Waals surface area contributed by atoms with Crippen LogP contribution in [-0.2, 0) is 27.9 Å². The molecule has 4 atom stereocenters. The van der Waals surface area contributed by atoms with Crippen LogP contribution in [0.2, 0.25) is 0 Å². The van der Waals surface area contributed by atoms with E-state index in [4.69, 9.17) is 9.47 Å². The molecule has 8 heteroatoms. The van der Waals surface area contributed by atoms with Crippen molar-refractivity contribution < 1.29 is 19.4 Å². The van der Waals surface area contributed by atoms with Crippen molar-refractivity contribution in [1.82, 2.24) is 9.55 Å². The van der Waals surface area contributed by atoms with E-state index in [1.165, 1.54) is 6.92 Å². The minimum atomic E-state index is -0.579. The highest BCUT2D eigenvalue weighted by atomic mass is 32.2. The number of benzene rings is 2. The van der Waals surface area contributed by atoms with Crippen LogP contribution >= 0.6 is 11.8 Å². The number of ether oxygens (including phenoxy) is 2. The van der Waals surface area contributed by atoms with Crippen molar-refractivity contribution in [2.24, 2.45) is 13.0 Å². The molecule has 2 heterocycles. The van der Waals surface area contributed by atoms with Gasteiger partial charge in [0.15, 0.2) is 11.4 Å². The van der Waals surface area contributed by atoms with Crippen LogP contribution < -0.4 is 5.32 Å². The molecule has 0 aliphatic carbocycles. The molecule has 0 radical (unpaired) electrons. The van der Waals surface area contributed by atoms with Crippen LogP contribution in [0.3, 0.4) is 0 Å². The lowest BCUT2D eigenvalue weighted by atomic mass is 9.91. The topological polar surface area (TPSA) is 85.6 Å². The molecule has 1 aliphatic heterocycles. The van der Waals surface area contributed by atoms with Gasteiger partial charge < -0.3 is 24.5 Å². The second-order valence-corrected chi connectivity index (χ2v) is 9.25. The minimum absolute atomic E-state index is 0.00592. The lowest BCUT2D eigenvalue weighted by Crippen LogP contribution is -2.38. The lowest BCUT2D eigenvalue weighted by molar-refractivity contribution is -0.268. The smallest absolute Gasteiger partial charge is 0.221 e. The monoisotopic (exact) mass is 467 g/mol. The number of nitrogens with one attached hydrogen (secondary N) is 1. The number of anilines is 1. The predicted molar refractivity (Wildman–Crippen MR) is 128 cm³/mol. The first-order chi connectivity index (χ1) is 15.9. The number of rotatable bonds is 7. The molecule has 0 spiro atoms. The number of aryl methyl sites for hydroxylation is 1. The largest absolute Gasteiger partial charge is 0.392 e. The van der Waals surface area contributed by atoms with E-state index in [0.717, 1.165) is 27.6 Å². The van der Waals surface area contributed by atoms with E-state index >= 15 is 0 Å². The van der Waals surface area contributed by atoms with E-state index in [1.807, 2.05) is 66.3 Å². The van der Waals surface area contributed by atoms with Crippen LogP contribution in [0.1, 0.15) is 42.9 Å². The Morgan fingerprint density at radius 1 is 1.18 bits per heavy atom. The molecule has 1 aromatic heterocycles. The first-order valence-corrected chi connectivity index (χ1v) is 11.9. The van der Waals surface area contributed by atoms with Gasteiger partial charge in [0.25, 0.3) is 0 Å². The minimum Gasteiger partial charge on any atom is -0.392 e. The number of aliphatic hydroxyl groups is 1. The summed E-state index contributed by atoms with van der Waals surface area (Å²) in [5.74, 6) is 0.688. The Bertz CT molecular complexity index is 1090. The van der Waals surface area contributed by atoms with Crippen molar-refractivity contribution >= 4 is 23.4 Å². The molecule has 2 N–H and O–H groups in total. The summed E-state index contributed by atoms with van der Waals surface area (Å²) in [7, 11) is 1.98. The summed E-state index contributed by atoms with van der Waals surface area (Å²) in [5.41, 5.74) is 3.45. The third-order valence-electron chi connectivity index (χ3n) is 5.76. The molecule has 4 unspecified atom stereocenters. The van der Waals surface area contributed by atoms with Gasteiger partial charge in [-0.15, -0.1) is 0 Å². The Kier molecular flexibility index (Phi) is 7.49. The molecule has 0 bridgehead atoms. The van der Waals surface area contributed by atoms with Gasteiger partial charge >= 0.3 is 0 Å². The zero-order valence-electron chi connectivity index (χ0n) is 19.0. The highest BCUT2D eigenvalue weighted by molar-refractivity contribution is 7.99. The molecular weight excluding hydrogens is 438 g/mol. The molecular formula is C25H29N3O4S. The van der Waals surface area contributed by atoms with Crippen LogP contribution in [0.4, 0.5) is 5.69 Å². The van der Waals surface area contributed by atoms with Gasteiger partial charge in [0.2, 0.25) is 5.91 Å². The van der Waals surface area contributed by atoms with E-state index < -0.39 is 6.29 Å². The van der Waals surface area contributed by atoms with E-state index in [2.05, 4.69) is 17.2 Å². The second-order valence-electron chi connectivity index (χ2n) is 8.26. The standard InChI is InChI=1S/C25H29N3O4S/c1-16-22(15-33-25-26-11-12-28(25)3)31-24(20-5-4-6-21(13-20)27-17(2)30)32-23(16)19-9-7-18(14-29)8-10-19/h4-13,16,22-24,29H,14-15H2,1-3H3,(H,27,30). The maximum atomic E-state index is 11.5. The summed E-state index contributed by atoms with van der Waals surface area (Å²) in [6, 6.07) is 15.4. The van der Waals surface area contributed by atoms with Gasteiger partial charge in [0.1, 0.15) is 0 Å². The van der Waals surface area contributed by atoms with E-state index in [1.54, 1.807) is 18.0 Å². The van der Waals surface area contributed by atoms with Crippen molar-refractivity contribution in [2.45, 2.75) is 44.1 Å². The highest BCUT2D eigenvalue weighted by Gasteiger charge is 2.38. The molecule has 1 amide bonds. The van der Waals surface area contributed by atoms with E-state index in [9.17, 15) is 9.90 Å². The van der Waals surface area contributed by atoms with Crippen molar-refractivity contribution in [3.05, 3.63) is 77.6 Å². The van der Waals surface area contributed by atoms with Gasteiger partial charge in [-0.3, -0.25) is 4.79 Å². The number of thioether (sulfide) groups is 1. The van der Waals surface area contributed by atoms with Crippen molar-refractivity contribution in [2.75, 3.05) is 11.1 Å². The van der Waals surface area contributed by atoms with Gasteiger partial charge in [-0.1, -0.05) is 55.1 Å². The van der Waals surface area contributed by atoms with Gasteiger partial charge in [-0.05, 0) is 23.3 Å². The summed E-state index contributed by atoms with van der Waals surface area (Å²) in [6.07, 6.45) is 2.87. The predicted octanol–water partition coefficient (Wildman–Crippen LogP) is 4.45. The number of hydrogen-bond acceptors (Lipinski definition) is 6. The molecule has 4 rings (SSSR count). The Labute approximate surface area is 198 Å². The molecule has 1 saturated heterocycles. The van der Waals surface area contributed by atoms with Crippen LogP contribution in [0, 0.1) is 5.92 Å². The normalized spacial score (nSPS) is 22.8. The van der Waals surface area contributed by atoms with Crippen LogP contribution in [0.5, 0.6) is 0 Å². The fourth-order valence-corrected chi connectivity index (χ4v) is 5.02. The van der Waals surface area contributed by atoms with Gasteiger partial charge in [-0.2, -0.15) is 0 Å². The Morgan fingerprint density at radius 3 is 2.64 bits per heavy atom. The highest BCUT2D eigenvalue weighted by Crippen LogP contribution is 2.43. The van der Waals surface area contributed by atoms with Gasteiger partial charge in [-0.25, -0.2) is 4.98 Å². The van der Waals surface area contributed by atoms with Crippen LogP contribution in [-0.4, -0.2) is 32.4 Å². The van der Waals surface area contributed by atoms with Crippen molar-refractivity contribution in [1.29, 1.82) is 0 Å². The quantitative estimate of drug-likeness (QED) is 0.499. The fourth-order valence-electron chi connectivity index (χ4n) is 3.92. The molecule has 3 aromatic rings. The zero-order chi connectivity index (χ0) is 23.4. The van der Waals surface area contributed by atoms with Crippen LogP contribution in [0.15, 0.2) is 66.1 Å². The maximum Gasteiger partial charge on any atom is 0.221 e. The lowest BCUT2D eigenvalue weighted by Gasteiger charge is -2.41. The maximum absolute atomic E-state index is 11.5. The first-order valence-electron chi connectivity index (χ1n) is 10.9. The van der Waals surface area contributed by atoms with Crippen LogP contribution in [0.25, 0.3) is 0 Å². The van der Waals surface area contributed by atoms with E-state index in [0.29, 0.717) is 5.69 Å². The average molecular weight is 468 g/mol. The number of hydrogen-bond donors (Lipinski definition) is 2. The summed E-state index contributed by atoms with van der Waals surface area (Å²) in [6.45, 7) is 3.63. The molecule has 1 fully saturated rings. The third-order valence-corrected chi connectivity index (χ3v) is 6.90. The molecule has 2 aromatic carbocycles. The number of amides is 1. The molecule has 33 heavy (non-hydrogen) atoms. The summed E-state index contributed by atoms with van der Waals surface area (Å²) in [4.78, 5) is 15.9. The number of carbonyl (C=O) groups is 1. The first kappa shape index (κ1) is 23.5. The molecule has 0 saturated carbocycles. The van der Waals surface area contributed by atoms with E-state index in [-0.39, 0.29) is 30.6 Å². The number of carbonyl (C=O) groups excluding carboxylic acids is 1. The number of imidazole rings is 1. The van der Waals surface area contributed by atoms with Gasteiger partial charge in [0.05, 0.1) is 18.8 Å². The second kappa shape index (κ2) is 10.5. The van der Waals surface area contributed by atoms with Gasteiger partial charge in [0, 0.05) is 49.3 Å². The average Bonchev–Trinajstić information content (AvgIpc) is 3.23. The summed E-state index contributed by atoms with van der Waals surface area (Å²) < 4.78 is 14.9. The van der Waals surface area contributed by atoms with Crippen molar-refractivity contribution in [3.63, 3.8) is 0 Å². The fraction of sp³-hybridized carbons (Fsp3) is 0.360. The molecule has 1 aliphatic rings. The van der Waals surface area contributed by atoms with Crippen molar-refractivity contribution in [3.8, 4) is 0 Å². The number of nitrogens with zero attached hydrogens (tertiary/aromatic N) is 2. The third kappa shape index (κ3) is 5.65.